The Morgan fingerprint density at radius 3 is 2.56 bits per heavy atom. The summed E-state index contributed by atoms with van der Waals surface area (Å²) in [5.74, 6) is 0.942. The zero-order valence-electron chi connectivity index (χ0n) is 12.0. The SMILES string of the molecule is COCCN(CC1CCCCC1)CC1CCCN1. The monoisotopic (exact) mass is 254 g/mol. The van der Waals surface area contributed by atoms with Crippen molar-refractivity contribution in [2.45, 2.75) is 51.0 Å². The summed E-state index contributed by atoms with van der Waals surface area (Å²) in [6.07, 6.45) is 9.96. The van der Waals surface area contributed by atoms with Crippen molar-refractivity contribution in [2.75, 3.05) is 39.9 Å². The van der Waals surface area contributed by atoms with Crippen molar-refractivity contribution in [1.82, 2.24) is 10.2 Å². The maximum absolute atomic E-state index is 5.26. The fourth-order valence-electron chi connectivity index (χ4n) is 3.44. The molecule has 1 unspecified atom stereocenters. The number of ether oxygens (including phenoxy) is 1. The highest BCUT2D eigenvalue weighted by Crippen LogP contribution is 2.24. The Kier molecular flexibility index (Phi) is 6.46. The molecule has 3 heteroatoms. The zero-order chi connectivity index (χ0) is 12.6. The van der Waals surface area contributed by atoms with Crippen LogP contribution in [0.2, 0.25) is 0 Å². The quantitative estimate of drug-likeness (QED) is 0.754. The summed E-state index contributed by atoms with van der Waals surface area (Å²) in [4.78, 5) is 2.64. The van der Waals surface area contributed by atoms with Crippen LogP contribution in [0.5, 0.6) is 0 Å². The van der Waals surface area contributed by atoms with E-state index in [0.717, 1.165) is 25.1 Å². The smallest absolute Gasteiger partial charge is 0.0589 e. The van der Waals surface area contributed by atoms with Crippen LogP contribution in [0.25, 0.3) is 0 Å². The van der Waals surface area contributed by atoms with Gasteiger partial charge in [-0.2, -0.15) is 0 Å². The second-order valence-corrected chi connectivity index (χ2v) is 6.05. The van der Waals surface area contributed by atoms with Crippen LogP contribution in [-0.4, -0.2) is 50.8 Å². The molecule has 1 saturated carbocycles. The lowest BCUT2D eigenvalue weighted by molar-refractivity contribution is 0.123. The van der Waals surface area contributed by atoms with E-state index in [1.54, 1.807) is 0 Å². The summed E-state index contributed by atoms with van der Waals surface area (Å²) in [5, 5.41) is 3.62. The molecule has 1 atom stereocenters. The predicted octanol–water partition coefficient (Wildman–Crippen LogP) is 2.27. The average Bonchev–Trinajstić information content (AvgIpc) is 2.90. The molecular formula is C15H30N2O. The van der Waals surface area contributed by atoms with Gasteiger partial charge in [0, 0.05) is 32.8 Å². The van der Waals surface area contributed by atoms with Gasteiger partial charge in [0.1, 0.15) is 0 Å². The van der Waals surface area contributed by atoms with E-state index in [-0.39, 0.29) is 0 Å². The van der Waals surface area contributed by atoms with Crippen LogP contribution in [0.15, 0.2) is 0 Å². The predicted molar refractivity (Wildman–Crippen MR) is 75.9 cm³/mol. The first-order valence-electron chi connectivity index (χ1n) is 7.83. The summed E-state index contributed by atoms with van der Waals surface area (Å²) >= 11 is 0. The number of nitrogens with zero attached hydrogens (tertiary/aromatic N) is 1. The second-order valence-electron chi connectivity index (χ2n) is 6.05. The van der Waals surface area contributed by atoms with E-state index in [1.807, 2.05) is 7.11 Å². The highest BCUT2D eigenvalue weighted by Gasteiger charge is 2.21. The van der Waals surface area contributed by atoms with Gasteiger partial charge in [0.15, 0.2) is 0 Å². The van der Waals surface area contributed by atoms with E-state index in [0.29, 0.717) is 0 Å². The van der Waals surface area contributed by atoms with Crippen molar-refractivity contribution < 1.29 is 4.74 Å². The molecule has 2 aliphatic rings. The maximum atomic E-state index is 5.26. The number of rotatable bonds is 7. The van der Waals surface area contributed by atoms with E-state index in [2.05, 4.69) is 10.2 Å². The van der Waals surface area contributed by atoms with Crippen LogP contribution in [0.1, 0.15) is 44.9 Å². The third-order valence-electron chi connectivity index (χ3n) is 4.49. The molecule has 106 valence electrons. The van der Waals surface area contributed by atoms with Crippen LogP contribution < -0.4 is 5.32 Å². The Balaban J connectivity index is 1.74. The van der Waals surface area contributed by atoms with Crippen molar-refractivity contribution in [2.24, 2.45) is 5.92 Å². The van der Waals surface area contributed by atoms with Crippen molar-refractivity contribution in [3.8, 4) is 0 Å². The minimum Gasteiger partial charge on any atom is -0.383 e. The van der Waals surface area contributed by atoms with Crippen LogP contribution in [0.3, 0.4) is 0 Å². The van der Waals surface area contributed by atoms with Crippen LogP contribution in [0, 0.1) is 5.92 Å². The number of hydrogen-bond acceptors (Lipinski definition) is 3. The van der Waals surface area contributed by atoms with Crippen molar-refractivity contribution in [1.29, 1.82) is 0 Å². The van der Waals surface area contributed by atoms with Crippen LogP contribution in [0.4, 0.5) is 0 Å². The summed E-state index contributed by atoms with van der Waals surface area (Å²) in [5.41, 5.74) is 0. The molecule has 2 fully saturated rings. The molecule has 0 aromatic carbocycles. The Labute approximate surface area is 112 Å². The molecule has 3 nitrogen and oxygen atoms in total. The van der Waals surface area contributed by atoms with Gasteiger partial charge in [0.05, 0.1) is 6.61 Å². The van der Waals surface area contributed by atoms with Gasteiger partial charge in [-0.15, -0.1) is 0 Å². The standard InChI is InChI=1S/C15H30N2O/c1-18-11-10-17(13-15-8-5-9-16-15)12-14-6-3-2-4-7-14/h14-16H,2-13H2,1H3. The zero-order valence-corrected chi connectivity index (χ0v) is 12.0. The van der Waals surface area contributed by atoms with E-state index >= 15 is 0 Å². The molecule has 0 radical (unpaired) electrons. The molecule has 1 saturated heterocycles. The van der Waals surface area contributed by atoms with Gasteiger partial charge in [0.25, 0.3) is 0 Å². The second kappa shape index (κ2) is 8.13. The fraction of sp³-hybridized carbons (Fsp3) is 1.00. The largest absolute Gasteiger partial charge is 0.383 e. The maximum Gasteiger partial charge on any atom is 0.0589 e. The van der Waals surface area contributed by atoms with Crippen molar-refractivity contribution in [3.05, 3.63) is 0 Å². The molecule has 0 aromatic rings. The Morgan fingerprint density at radius 2 is 1.89 bits per heavy atom. The molecule has 1 aliphatic carbocycles. The van der Waals surface area contributed by atoms with E-state index in [9.17, 15) is 0 Å². The first-order valence-corrected chi connectivity index (χ1v) is 7.83. The third kappa shape index (κ3) is 4.87. The van der Waals surface area contributed by atoms with Gasteiger partial charge in [0.2, 0.25) is 0 Å². The molecule has 0 aromatic heterocycles. The normalized spacial score (nSPS) is 26.0. The molecule has 0 amide bonds. The van der Waals surface area contributed by atoms with E-state index in [1.165, 1.54) is 64.6 Å². The van der Waals surface area contributed by atoms with Crippen molar-refractivity contribution >= 4 is 0 Å². The molecule has 1 aliphatic heterocycles. The van der Waals surface area contributed by atoms with Gasteiger partial charge >= 0.3 is 0 Å². The molecule has 18 heavy (non-hydrogen) atoms. The van der Waals surface area contributed by atoms with E-state index in [4.69, 9.17) is 4.74 Å². The topological polar surface area (TPSA) is 24.5 Å². The molecule has 1 heterocycles. The Bertz CT molecular complexity index is 211. The van der Waals surface area contributed by atoms with Crippen LogP contribution >= 0.6 is 0 Å². The lowest BCUT2D eigenvalue weighted by atomic mass is 9.89. The van der Waals surface area contributed by atoms with Crippen molar-refractivity contribution in [3.63, 3.8) is 0 Å². The van der Waals surface area contributed by atoms with Gasteiger partial charge in [-0.25, -0.2) is 0 Å². The number of nitrogens with one attached hydrogen (secondary N) is 1. The lowest BCUT2D eigenvalue weighted by Gasteiger charge is -2.31. The van der Waals surface area contributed by atoms with Gasteiger partial charge in [-0.05, 0) is 38.1 Å². The van der Waals surface area contributed by atoms with Gasteiger partial charge in [-0.3, -0.25) is 4.90 Å². The lowest BCUT2D eigenvalue weighted by Crippen LogP contribution is -2.41. The third-order valence-corrected chi connectivity index (χ3v) is 4.49. The molecule has 2 rings (SSSR count). The highest BCUT2D eigenvalue weighted by atomic mass is 16.5. The van der Waals surface area contributed by atoms with Crippen LogP contribution in [-0.2, 0) is 4.74 Å². The van der Waals surface area contributed by atoms with Gasteiger partial charge in [-0.1, -0.05) is 19.3 Å². The number of methoxy groups -OCH3 is 1. The highest BCUT2D eigenvalue weighted by molar-refractivity contribution is 4.79. The van der Waals surface area contributed by atoms with E-state index < -0.39 is 0 Å². The minimum absolute atomic E-state index is 0.727. The first-order chi connectivity index (χ1) is 8.88. The molecule has 0 spiro atoms. The van der Waals surface area contributed by atoms with Gasteiger partial charge < -0.3 is 10.1 Å². The molecular weight excluding hydrogens is 224 g/mol. The average molecular weight is 254 g/mol. The molecule has 0 bridgehead atoms. The minimum atomic E-state index is 0.727. The fourth-order valence-corrected chi connectivity index (χ4v) is 3.44. The summed E-state index contributed by atoms with van der Waals surface area (Å²) < 4.78 is 5.26. The Hall–Kier alpha value is -0.120. The summed E-state index contributed by atoms with van der Waals surface area (Å²) in [7, 11) is 1.81. The Morgan fingerprint density at radius 1 is 1.06 bits per heavy atom. The summed E-state index contributed by atoms with van der Waals surface area (Å²) in [6.45, 7) is 5.71. The summed E-state index contributed by atoms with van der Waals surface area (Å²) in [6, 6.07) is 0.727. The molecule has 1 N–H and O–H groups in total. The first kappa shape index (κ1) is 14.3. The number of hydrogen-bond donors (Lipinski definition) is 1.